The highest BCUT2D eigenvalue weighted by atomic mass is 32.2. The van der Waals surface area contributed by atoms with Crippen LogP contribution in [-0.2, 0) is 20.9 Å². The van der Waals surface area contributed by atoms with Gasteiger partial charge in [-0.25, -0.2) is 4.90 Å². The van der Waals surface area contributed by atoms with Crippen LogP contribution in [0.25, 0.3) is 0 Å². The smallest absolute Gasteiger partial charge is 0.308 e. The molecule has 0 aliphatic carbocycles. The van der Waals surface area contributed by atoms with Crippen LogP contribution in [0.15, 0.2) is 81.2 Å². The minimum atomic E-state index is -0.789. The van der Waals surface area contributed by atoms with E-state index in [0.717, 1.165) is 28.7 Å². The Morgan fingerprint density at radius 2 is 1.77 bits per heavy atom. The first kappa shape index (κ1) is 25.2. The third-order valence-electron chi connectivity index (χ3n) is 6.87. The number of furan rings is 1. The van der Waals surface area contributed by atoms with Crippen LogP contribution in [0.2, 0.25) is 0 Å². The number of hydrogen-bond donors (Lipinski definition) is 1. The maximum absolute atomic E-state index is 13.8. The molecule has 0 bridgehead atoms. The number of thioether (sulfide) groups is 1. The summed E-state index contributed by atoms with van der Waals surface area (Å²) in [5, 5.41) is 2.53. The number of fused-ring (bicyclic) bond motifs is 2. The molecule has 3 amide bonds. The molecular formula is C28H23N3O6S2. The van der Waals surface area contributed by atoms with Crippen molar-refractivity contribution in [1.29, 1.82) is 0 Å². The third kappa shape index (κ3) is 4.37. The topological polar surface area (TPSA) is 111 Å². The van der Waals surface area contributed by atoms with Gasteiger partial charge < -0.3 is 14.5 Å². The number of benzene rings is 2. The van der Waals surface area contributed by atoms with Gasteiger partial charge in [-0.05, 0) is 55.5 Å². The fourth-order valence-corrected chi connectivity index (χ4v) is 7.75. The van der Waals surface area contributed by atoms with E-state index in [2.05, 4.69) is 5.32 Å². The van der Waals surface area contributed by atoms with Crippen LogP contribution in [0.5, 0.6) is 5.75 Å². The predicted octanol–water partition coefficient (Wildman–Crippen LogP) is 4.25. The minimum Gasteiger partial charge on any atom is -0.497 e. The monoisotopic (exact) mass is 561 g/mol. The molecule has 2 aliphatic rings. The van der Waals surface area contributed by atoms with E-state index in [-0.39, 0.29) is 29.1 Å². The molecule has 11 heteroatoms. The SMILES string of the molecule is COc1ccc(N2C(=O)C3Sc4c(sc(=O)n4CC(=O)Nc4ccc(C)cc4)[C@H](c4ccco4)C3C2=O)cc1. The van der Waals surface area contributed by atoms with Gasteiger partial charge in [0.15, 0.2) is 0 Å². The van der Waals surface area contributed by atoms with Crippen molar-refractivity contribution in [3.63, 3.8) is 0 Å². The molecule has 2 unspecified atom stereocenters. The number of carbonyl (C=O) groups is 3. The molecule has 4 aromatic rings. The van der Waals surface area contributed by atoms with Crippen LogP contribution in [0.3, 0.4) is 0 Å². The van der Waals surface area contributed by atoms with Gasteiger partial charge in [-0.15, -0.1) is 0 Å². The molecule has 4 heterocycles. The second-order valence-electron chi connectivity index (χ2n) is 9.30. The molecule has 39 heavy (non-hydrogen) atoms. The Labute approximate surface area is 231 Å². The van der Waals surface area contributed by atoms with Gasteiger partial charge >= 0.3 is 4.87 Å². The van der Waals surface area contributed by atoms with Gasteiger partial charge in [0.05, 0.1) is 40.8 Å². The van der Waals surface area contributed by atoms with E-state index in [1.807, 2.05) is 19.1 Å². The lowest BCUT2D eigenvalue weighted by molar-refractivity contribution is -0.122. The molecule has 6 rings (SSSR count). The van der Waals surface area contributed by atoms with Crippen LogP contribution in [-0.4, -0.2) is 34.6 Å². The standard InChI is InChI=1S/C28H23N3O6S2/c1-15-5-7-16(8-6-15)29-20(32)14-30-27-24(39-28(30)35)21(19-4-3-13-37-19)22-23(38-27)26(34)31(25(22)33)17-9-11-18(36-2)12-10-17/h3-13,21-23H,14H2,1-2H3,(H,29,32)/t21-,22?,23?/m1/s1. The van der Waals surface area contributed by atoms with Crippen molar-refractivity contribution < 1.29 is 23.5 Å². The van der Waals surface area contributed by atoms with E-state index in [0.29, 0.717) is 32.8 Å². The number of ether oxygens (including phenoxy) is 1. The fourth-order valence-electron chi connectivity index (χ4n) is 5.00. The van der Waals surface area contributed by atoms with Gasteiger partial charge in [0.2, 0.25) is 17.7 Å². The number of hydrogen-bond acceptors (Lipinski definition) is 8. The Balaban J connectivity index is 1.36. The first-order chi connectivity index (χ1) is 18.9. The van der Waals surface area contributed by atoms with Crippen LogP contribution in [0, 0.1) is 12.8 Å². The van der Waals surface area contributed by atoms with E-state index >= 15 is 0 Å². The number of carbonyl (C=O) groups excluding carboxylic acids is 3. The third-order valence-corrected chi connectivity index (χ3v) is 9.47. The van der Waals surface area contributed by atoms with Crippen LogP contribution in [0.1, 0.15) is 22.1 Å². The van der Waals surface area contributed by atoms with Gasteiger partial charge in [0.25, 0.3) is 0 Å². The summed E-state index contributed by atoms with van der Waals surface area (Å²) in [4.78, 5) is 55.0. The minimum absolute atomic E-state index is 0.224. The van der Waals surface area contributed by atoms with Gasteiger partial charge in [0, 0.05) is 5.69 Å². The Morgan fingerprint density at radius 3 is 2.44 bits per heavy atom. The van der Waals surface area contributed by atoms with Gasteiger partial charge in [0.1, 0.15) is 23.3 Å². The van der Waals surface area contributed by atoms with Crippen LogP contribution in [0.4, 0.5) is 11.4 Å². The molecule has 1 N–H and O–H groups in total. The summed E-state index contributed by atoms with van der Waals surface area (Å²) in [5.74, 6) is -1.42. The highest BCUT2D eigenvalue weighted by Gasteiger charge is 2.57. The second-order valence-corrected chi connectivity index (χ2v) is 11.4. The maximum Gasteiger partial charge on any atom is 0.308 e. The second kappa shape index (κ2) is 9.90. The normalized spacial score (nSPS) is 20.1. The summed E-state index contributed by atoms with van der Waals surface area (Å²) >= 11 is 2.13. The van der Waals surface area contributed by atoms with E-state index in [1.54, 1.807) is 55.6 Å². The Hall–Kier alpha value is -4.09. The van der Waals surface area contributed by atoms with E-state index in [1.165, 1.54) is 15.7 Å². The number of imide groups is 1. The van der Waals surface area contributed by atoms with Crippen molar-refractivity contribution in [2.24, 2.45) is 5.92 Å². The molecule has 0 spiro atoms. The highest BCUT2D eigenvalue weighted by molar-refractivity contribution is 8.00. The molecular weight excluding hydrogens is 538 g/mol. The number of thiazole rings is 1. The van der Waals surface area contributed by atoms with Crippen molar-refractivity contribution in [3.05, 3.63) is 92.8 Å². The van der Waals surface area contributed by atoms with E-state index in [4.69, 9.17) is 9.15 Å². The zero-order chi connectivity index (χ0) is 27.3. The molecule has 1 saturated heterocycles. The van der Waals surface area contributed by atoms with Crippen LogP contribution >= 0.6 is 23.1 Å². The Kier molecular flexibility index (Phi) is 6.40. The summed E-state index contributed by atoms with van der Waals surface area (Å²) in [6, 6.07) is 17.5. The number of amides is 3. The van der Waals surface area contributed by atoms with Gasteiger partial charge in [-0.3, -0.25) is 23.7 Å². The van der Waals surface area contributed by atoms with Crippen molar-refractivity contribution >= 4 is 52.2 Å². The molecule has 1 fully saturated rings. The molecule has 0 saturated carbocycles. The molecule has 0 radical (unpaired) electrons. The summed E-state index contributed by atoms with van der Waals surface area (Å²) in [6.07, 6.45) is 1.50. The zero-order valence-electron chi connectivity index (χ0n) is 21.0. The summed E-state index contributed by atoms with van der Waals surface area (Å²) in [6.45, 7) is 1.73. The lowest BCUT2D eigenvalue weighted by Crippen LogP contribution is -2.32. The quantitative estimate of drug-likeness (QED) is 0.350. The van der Waals surface area contributed by atoms with Crippen molar-refractivity contribution in [2.45, 2.75) is 29.7 Å². The zero-order valence-corrected chi connectivity index (χ0v) is 22.6. The number of anilines is 2. The maximum atomic E-state index is 13.8. The van der Waals surface area contributed by atoms with Gasteiger partial charge in [-0.2, -0.15) is 0 Å². The average molecular weight is 562 g/mol. The Bertz CT molecular complexity index is 1620. The summed E-state index contributed by atoms with van der Waals surface area (Å²) in [7, 11) is 1.54. The lowest BCUT2D eigenvalue weighted by atomic mass is 9.87. The number of nitrogens with zero attached hydrogens (tertiary/aromatic N) is 2. The van der Waals surface area contributed by atoms with E-state index in [9.17, 15) is 19.2 Å². The molecule has 2 aromatic carbocycles. The first-order valence-corrected chi connectivity index (χ1v) is 13.9. The number of rotatable bonds is 6. The number of nitrogens with one attached hydrogen (secondary N) is 1. The fraction of sp³-hybridized carbons (Fsp3) is 0.214. The predicted molar refractivity (Wildman–Crippen MR) is 148 cm³/mol. The number of aromatic nitrogens is 1. The number of methoxy groups -OCH3 is 1. The first-order valence-electron chi connectivity index (χ1n) is 12.2. The molecule has 9 nitrogen and oxygen atoms in total. The summed E-state index contributed by atoms with van der Waals surface area (Å²) < 4.78 is 12.3. The Morgan fingerprint density at radius 1 is 1.03 bits per heavy atom. The van der Waals surface area contributed by atoms with Crippen molar-refractivity contribution in [1.82, 2.24) is 4.57 Å². The van der Waals surface area contributed by atoms with E-state index < -0.39 is 17.1 Å². The largest absolute Gasteiger partial charge is 0.497 e. The summed E-state index contributed by atoms with van der Waals surface area (Å²) in [5.41, 5.74) is 2.12. The lowest BCUT2D eigenvalue weighted by Gasteiger charge is -2.29. The number of aryl methyl sites for hydroxylation is 1. The molecule has 2 aromatic heterocycles. The van der Waals surface area contributed by atoms with Crippen molar-refractivity contribution in [2.75, 3.05) is 17.3 Å². The van der Waals surface area contributed by atoms with Crippen LogP contribution < -0.4 is 19.8 Å². The average Bonchev–Trinajstić information content (AvgIpc) is 3.63. The van der Waals surface area contributed by atoms with Crippen molar-refractivity contribution in [3.8, 4) is 5.75 Å². The highest BCUT2D eigenvalue weighted by Crippen LogP contribution is 2.54. The molecule has 3 atom stereocenters. The van der Waals surface area contributed by atoms with Gasteiger partial charge in [-0.1, -0.05) is 40.8 Å². The molecule has 198 valence electrons. The molecule has 2 aliphatic heterocycles.